The molecule has 0 aliphatic heterocycles. The first-order valence-corrected chi connectivity index (χ1v) is 15.0. The Morgan fingerprint density at radius 1 is 0.750 bits per heavy atom. The van der Waals surface area contributed by atoms with Crippen molar-refractivity contribution in [3.05, 3.63) is 109 Å². The van der Waals surface area contributed by atoms with Gasteiger partial charge in [0.15, 0.2) is 0 Å². The zero-order chi connectivity index (χ0) is 31.1. The molecule has 44 heavy (non-hydrogen) atoms. The molecule has 0 aromatic heterocycles. The van der Waals surface area contributed by atoms with Crippen molar-refractivity contribution in [1.82, 2.24) is 5.32 Å². The third kappa shape index (κ3) is 7.02. The molecule has 0 aliphatic rings. The number of ether oxygens (including phenoxy) is 3. The van der Waals surface area contributed by atoms with Crippen molar-refractivity contribution < 1.29 is 28.6 Å². The van der Waals surface area contributed by atoms with Gasteiger partial charge in [0, 0.05) is 27.3 Å². The Morgan fingerprint density at radius 3 is 1.93 bits per heavy atom. The molecule has 0 aliphatic carbocycles. The summed E-state index contributed by atoms with van der Waals surface area (Å²) in [6.07, 6.45) is 0.563. The number of carbonyl (C=O) groups is 3. The SMILES string of the molecule is C=C(C)C(=O)OCCNC(=O)Oc1ccc2ccccc2c1-c1c(OC(=O)Nc2cccc(SC)c2)ccc2ccccc12. The van der Waals surface area contributed by atoms with Gasteiger partial charge in [-0.3, -0.25) is 5.32 Å². The van der Waals surface area contributed by atoms with Crippen molar-refractivity contribution >= 4 is 57.1 Å². The van der Waals surface area contributed by atoms with Crippen LogP contribution in [0.5, 0.6) is 11.5 Å². The number of hydrogen-bond acceptors (Lipinski definition) is 7. The fourth-order valence-electron chi connectivity index (χ4n) is 4.69. The van der Waals surface area contributed by atoms with Gasteiger partial charge in [-0.2, -0.15) is 0 Å². The van der Waals surface area contributed by atoms with Crippen molar-refractivity contribution in [2.75, 3.05) is 24.7 Å². The zero-order valence-corrected chi connectivity index (χ0v) is 25.0. The molecule has 2 amide bonds. The van der Waals surface area contributed by atoms with Crippen LogP contribution >= 0.6 is 11.8 Å². The molecule has 0 fully saturated rings. The summed E-state index contributed by atoms with van der Waals surface area (Å²) in [4.78, 5) is 38.7. The van der Waals surface area contributed by atoms with Gasteiger partial charge >= 0.3 is 18.2 Å². The van der Waals surface area contributed by atoms with E-state index >= 15 is 0 Å². The second kappa shape index (κ2) is 13.8. The Hall–Kier alpha value is -5.28. The second-order valence-corrected chi connectivity index (χ2v) is 10.7. The lowest BCUT2D eigenvalue weighted by molar-refractivity contribution is -0.138. The molecule has 9 heteroatoms. The van der Waals surface area contributed by atoms with Crippen LogP contribution < -0.4 is 20.1 Å². The maximum Gasteiger partial charge on any atom is 0.417 e. The van der Waals surface area contributed by atoms with Gasteiger partial charge in [-0.25, -0.2) is 14.4 Å². The first-order valence-electron chi connectivity index (χ1n) is 13.8. The average Bonchev–Trinajstić information content (AvgIpc) is 3.03. The topological polar surface area (TPSA) is 103 Å². The predicted octanol–water partition coefficient (Wildman–Crippen LogP) is 8.20. The highest BCUT2D eigenvalue weighted by Gasteiger charge is 2.22. The molecule has 0 saturated heterocycles. The molecule has 0 bridgehead atoms. The van der Waals surface area contributed by atoms with Crippen LogP contribution in [-0.4, -0.2) is 37.6 Å². The van der Waals surface area contributed by atoms with E-state index in [-0.39, 0.29) is 30.2 Å². The number of fused-ring (bicyclic) bond motifs is 2. The molecule has 2 N–H and O–H groups in total. The van der Waals surface area contributed by atoms with Gasteiger partial charge in [0.1, 0.15) is 18.1 Å². The lowest BCUT2D eigenvalue weighted by Crippen LogP contribution is -2.30. The number of thioether (sulfide) groups is 1. The van der Waals surface area contributed by atoms with Crippen LogP contribution in [0, 0.1) is 0 Å². The molecular weight excluding hydrogens is 576 g/mol. The normalized spacial score (nSPS) is 10.7. The van der Waals surface area contributed by atoms with Crippen LogP contribution in [0.25, 0.3) is 32.7 Å². The lowest BCUT2D eigenvalue weighted by atomic mass is 9.92. The Labute approximate surface area is 259 Å². The van der Waals surface area contributed by atoms with Crippen molar-refractivity contribution in [1.29, 1.82) is 0 Å². The number of anilines is 1. The summed E-state index contributed by atoms with van der Waals surface area (Å²) in [6, 6.07) is 30.0. The minimum absolute atomic E-state index is 0.0400. The Morgan fingerprint density at radius 2 is 1.34 bits per heavy atom. The smallest absolute Gasteiger partial charge is 0.417 e. The van der Waals surface area contributed by atoms with Crippen LogP contribution in [0.3, 0.4) is 0 Å². The predicted molar refractivity (Wildman–Crippen MR) is 175 cm³/mol. The van der Waals surface area contributed by atoms with Gasteiger partial charge in [0.2, 0.25) is 0 Å². The summed E-state index contributed by atoms with van der Waals surface area (Å²) >= 11 is 1.57. The van der Waals surface area contributed by atoms with E-state index in [1.54, 1.807) is 36.9 Å². The van der Waals surface area contributed by atoms with Crippen molar-refractivity contribution in [2.24, 2.45) is 0 Å². The number of carbonyl (C=O) groups excluding carboxylic acids is 3. The molecule has 0 radical (unpaired) electrons. The summed E-state index contributed by atoms with van der Waals surface area (Å²) < 4.78 is 16.8. The zero-order valence-electron chi connectivity index (χ0n) is 24.2. The minimum Gasteiger partial charge on any atom is -0.460 e. The highest BCUT2D eigenvalue weighted by molar-refractivity contribution is 7.98. The van der Waals surface area contributed by atoms with Gasteiger partial charge < -0.3 is 19.5 Å². The van der Waals surface area contributed by atoms with Gasteiger partial charge in [-0.1, -0.05) is 73.3 Å². The molecule has 0 heterocycles. The summed E-state index contributed by atoms with van der Waals surface area (Å²) in [5.41, 5.74) is 2.04. The van der Waals surface area contributed by atoms with Crippen LogP contribution in [0.1, 0.15) is 6.92 Å². The highest BCUT2D eigenvalue weighted by Crippen LogP contribution is 2.45. The highest BCUT2D eigenvalue weighted by atomic mass is 32.2. The maximum atomic E-state index is 13.2. The minimum atomic E-state index is -0.734. The number of esters is 1. The molecule has 5 rings (SSSR count). The van der Waals surface area contributed by atoms with E-state index < -0.39 is 18.2 Å². The van der Waals surface area contributed by atoms with Crippen molar-refractivity contribution in [2.45, 2.75) is 11.8 Å². The summed E-state index contributed by atoms with van der Waals surface area (Å²) in [7, 11) is 0. The maximum absolute atomic E-state index is 13.2. The number of amides is 2. The molecule has 222 valence electrons. The fourth-order valence-corrected chi connectivity index (χ4v) is 5.15. The third-order valence-electron chi connectivity index (χ3n) is 6.71. The third-order valence-corrected chi connectivity index (χ3v) is 7.43. The van der Waals surface area contributed by atoms with E-state index in [2.05, 4.69) is 17.2 Å². The van der Waals surface area contributed by atoms with E-state index in [0.29, 0.717) is 16.8 Å². The van der Waals surface area contributed by atoms with Crippen LogP contribution in [0.4, 0.5) is 15.3 Å². The first-order chi connectivity index (χ1) is 21.3. The monoisotopic (exact) mass is 606 g/mol. The number of nitrogens with one attached hydrogen (secondary N) is 2. The van der Waals surface area contributed by atoms with E-state index in [1.807, 2.05) is 85.1 Å². The second-order valence-electron chi connectivity index (χ2n) is 9.80. The van der Waals surface area contributed by atoms with Crippen LogP contribution in [-0.2, 0) is 9.53 Å². The number of hydrogen-bond donors (Lipinski definition) is 2. The van der Waals surface area contributed by atoms with E-state index in [4.69, 9.17) is 14.2 Å². The van der Waals surface area contributed by atoms with Crippen LogP contribution in [0.2, 0.25) is 0 Å². The van der Waals surface area contributed by atoms with E-state index in [1.165, 1.54) is 0 Å². The fraction of sp³-hybridized carbons (Fsp3) is 0.114. The summed E-state index contributed by atoms with van der Waals surface area (Å²) in [5, 5.41) is 8.82. The molecule has 0 unspecified atom stereocenters. The van der Waals surface area contributed by atoms with Crippen molar-refractivity contribution in [3.63, 3.8) is 0 Å². The first kappa shape index (κ1) is 30.2. The Balaban J connectivity index is 1.52. The molecular formula is C35H30N2O6S. The summed E-state index contributed by atoms with van der Waals surface area (Å²) in [5.74, 6) is 0.00594. The summed E-state index contributed by atoms with van der Waals surface area (Å²) in [6.45, 7) is 5.09. The Kier molecular flexibility index (Phi) is 9.46. The van der Waals surface area contributed by atoms with Gasteiger partial charge in [-0.05, 0) is 65.1 Å². The molecule has 0 saturated carbocycles. The molecule has 5 aromatic rings. The molecule has 0 atom stereocenters. The number of rotatable bonds is 9. The van der Waals surface area contributed by atoms with Gasteiger partial charge in [-0.15, -0.1) is 11.8 Å². The molecule has 5 aromatic carbocycles. The quantitative estimate of drug-likeness (QED) is 0.0754. The largest absolute Gasteiger partial charge is 0.460 e. The van der Waals surface area contributed by atoms with Gasteiger partial charge in [0.05, 0.1) is 6.54 Å². The van der Waals surface area contributed by atoms with Crippen LogP contribution in [0.15, 0.2) is 114 Å². The standard InChI is InChI=1S/C35H30N2O6S/c1-22(2)33(38)41-20-19-36-34(39)42-29-17-15-23-9-4-6-13-27(23)31(29)32-28-14-7-5-10-24(28)16-18-30(32)43-35(40)37-25-11-8-12-26(21-25)44-3/h4-18,21H,1,19-20H2,2-3H3,(H,36,39)(H,37,40). The lowest BCUT2D eigenvalue weighted by Gasteiger charge is -2.19. The Bertz CT molecular complexity index is 1890. The number of benzene rings is 5. The van der Waals surface area contributed by atoms with Crippen molar-refractivity contribution in [3.8, 4) is 22.6 Å². The van der Waals surface area contributed by atoms with E-state index in [0.717, 1.165) is 26.4 Å². The molecule has 0 spiro atoms. The van der Waals surface area contributed by atoms with E-state index in [9.17, 15) is 14.4 Å². The average molecular weight is 607 g/mol. The molecule has 8 nitrogen and oxygen atoms in total. The van der Waals surface area contributed by atoms with Gasteiger partial charge in [0.25, 0.3) is 0 Å².